The molecule has 0 radical (unpaired) electrons. The van der Waals surface area contributed by atoms with Gasteiger partial charge in [-0.3, -0.25) is 24.2 Å². The second-order valence-electron chi connectivity index (χ2n) is 9.76. The van der Waals surface area contributed by atoms with Crippen LogP contribution < -0.4 is 38.9 Å². The second kappa shape index (κ2) is 17.3. The van der Waals surface area contributed by atoms with Gasteiger partial charge in [-0.1, -0.05) is 32.4 Å². The van der Waals surface area contributed by atoms with Crippen LogP contribution >= 0.6 is 0 Å². The van der Waals surface area contributed by atoms with Gasteiger partial charge in [0, 0.05) is 19.4 Å². The molecule has 0 heterocycles. The molecule has 1 aromatic rings. The Kier molecular flexibility index (Phi) is 14.6. The minimum Gasteiger partial charge on any atom is -0.508 e. The van der Waals surface area contributed by atoms with Crippen LogP contribution in [0.4, 0.5) is 0 Å². The number of hydrogen-bond donors (Lipinski definition) is 9. The molecular weight excluding hydrogens is 536 g/mol. The molecule has 5 unspecified atom stereocenters. The number of rotatable bonds is 18. The molecule has 0 bridgehead atoms. The van der Waals surface area contributed by atoms with E-state index >= 15 is 0 Å². The minimum absolute atomic E-state index is 0.000867. The van der Waals surface area contributed by atoms with Crippen LogP contribution in [0.25, 0.3) is 0 Å². The fourth-order valence-electron chi connectivity index (χ4n) is 3.77. The maximum absolute atomic E-state index is 13.4. The number of benzene rings is 1. The number of carboxylic acid groups (broad SMARTS) is 1. The van der Waals surface area contributed by atoms with Gasteiger partial charge in [0.05, 0.1) is 6.04 Å². The van der Waals surface area contributed by atoms with E-state index in [1.54, 1.807) is 26.0 Å². The quantitative estimate of drug-likeness (QED) is 0.0533. The van der Waals surface area contributed by atoms with Gasteiger partial charge in [-0.05, 0) is 42.9 Å². The lowest BCUT2D eigenvalue weighted by Crippen LogP contribution is -2.58. The van der Waals surface area contributed by atoms with Crippen LogP contribution in [0.1, 0.15) is 51.5 Å². The van der Waals surface area contributed by atoms with Crippen molar-refractivity contribution in [3.63, 3.8) is 0 Å². The van der Waals surface area contributed by atoms with E-state index in [4.69, 9.17) is 22.9 Å². The van der Waals surface area contributed by atoms with E-state index in [0.29, 0.717) is 18.4 Å². The number of carbonyl (C=O) groups is 5. The number of aliphatic imine (C=N–C) groups is 1. The maximum atomic E-state index is 13.4. The number of hydrogen-bond acceptors (Lipinski definition) is 8. The molecule has 15 heteroatoms. The number of aromatic hydroxyl groups is 1. The number of nitrogens with two attached hydrogens (primary N) is 4. The number of carbonyl (C=O) groups excluding carboxylic acids is 4. The predicted molar refractivity (Wildman–Crippen MR) is 151 cm³/mol. The summed E-state index contributed by atoms with van der Waals surface area (Å²) in [7, 11) is 0. The predicted octanol–water partition coefficient (Wildman–Crippen LogP) is -1.83. The van der Waals surface area contributed by atoms with E-state index in [1.807, 2.05) is 0 Å². The largest absolute Gasteiger partial charge is 0.508 e. The van der Waals surface area contributed by atoms with Gasteiger partial charge in [0.15, 0.2) is 5.96 Å². The zero-order valence-corrected chi connectivity index (χ0v) is 23.3. The van der Waals surface area contributed by atoms with Crippen molar-refractivity contribution in [1.29, 1.82) is 0 Å². The Balaban J connectivity index is 3.15. The van der Waals surface area contributed by atoms with Crippen molar-refractivity contribution in [1.82, 2.24) is 16.0 Å². The van der Waals surface area contributed by atoms with Crippen molar-refractivity contribution in [2.24, 2.45) is 33.8 Å². The van der Waals surface area contributed by atoms with Gasteiger partial charge in [0.2, 0.25) is 23.6 Å². The molecule has 0 fully saturated rings. The number of amides is 4. The van der Waals surface area contributed by atoms with Crippen LogP contribution in [0.3, 0.4) is 0 Å². The fraction of sp³-hybridized carbons (Fsp3) is 0.538. The van der Waals surface area contributed by atoms with E-state index in [0.717, 1.165) is 0 Å². The lowest BCUT2D eigenvalue weighted by Gasteiger charge is -2.26. The third kappa shape index (κ3) is 13.0. The average molecular weight is 579 g/mol. The highest BCUT2D eigenvalue weighted by Crippen LogP contribution is 2.13. The summed E-state index contributed by atoms with van der Waals surface area (Å²) in [5.41, 5.74) is 22.4. The molecule has 15 nitrogen and oxygen atoms in total. The van der Waals surface area contributed by atoms with Crippen LogP contribution in [0.5, 0.6) is 5.75 Å². The van der Waals surface area contributed by atoms with Gasteiger partial charge in [-0.15, -0.1) is 0 Å². The summed E-state index contributed by atoms with van der Waals surface area (Å²) in [5, 5.41) is 26.7. The maximum Gasteiger partial charge on any atom is 0.326 e. The highest BCUT2D eigenvalue weighted by Gasteiger charge is 2.32. The number of guanidine groups is 1. The van der Waals surface area contributed by atoms with E-state index in [-0.39, 0.29) is 43.9 Å². The van der Waals surface area contributed by atoms with Gasteiger partial charge in [0.1, 0.15) is 23.9 Å². The number of nitrogens with zero attached hydrogens (tertiary/aromatic N) is 1. The Bertz CT molecular complexity index is 1080. The van der Waals surface area contributed by atoms with Crippen LogP contribution in [0.2, 0.25) is 0 Å². The third-order valence-electron chi connectivity index (χ3n) is 6.40. The molecule has 0 spiro atoms. The zero-order chi connectivity index (χ0) is 31.1. The zero-order valence-electron chi connectivity index (χ0n) is 23.3. The number of phenolic OH excluding ortho intramolecular Hbond substituents is 1. The Morgan fingerprint density at radius 1 is 0.902 bits per heavy atom. The lowest BCUT2D eigenvalue weighted by atomic mass is 9.98. The molecule has 1 aromatic carbocycles. The normalized spacial score (nSPS) is 14.4. The van der Waals surface area contributed by atoms with Crippen molar-refractivity contribution >= 4 is 35.6 Å². The SMILES string of the molecule is CCC(C)C(NC(=O)C(CCC(N)=O)NC(=O)C(Cc1ccc(O)cc1)NC(=O)C(N)CCCN=C(N)N)C(=O)O. The molecule has 1 rings (SSSR count). The first kappa shape index (κ1) is 34.6. The number of phenols is 1. The van der Waals surface area contributed by atoms with E-state index < -0.39 is 59.7 Å². The summed E-state index contributed by atoms with van der Waals surface area (Å²) in [6, 6.07) is 1.15. The smallest absolute Gasteiger partial charge is 0.326 e. The third-order valence-corrected chi connectivity index (χ3v) is 6.40. The van der Waals surface area contributed by atoms with Crippen LogP contribution in [-0.4, -0.2) is 76.5 Å². The highest BCUT2D eigenvalue weighted by molar-refractivity contribution is 5.94. The fourth-order valence-corrected chi connectivity index (χ4v) is 3.77. The number of primary amides is 1. The first-order valence-electron chi connectivity index (χ1n) is 13.3. The number of aliphatic carboxylic acids is 1. The van der Waals surface area contributed by atoms with Crippen molar-refractivity contribution in [3.8, 4) is 5.75 Å². The van der Waals surface area contributed by atoms with Crippen molar-refractivity contribution in [3.05, 3.63) is 29.8 Å². The van der Waals surface area contributed by atoms with E-state index in [2.05, 4.69) is 20.9 Å². The van der Waals surface area contributed by atoms with Crippen LogP contribution in [-0.2, 0) is 30.4 Å². The highest BCUT2D eigenvalue weighted by atomic mass is 16.4. The minimum atomic E-state index is -1.33. The van der Waals surface area contributed by atoms with Crippen LogP contribution in [0.15, 0.2) is 29.3 Å². The van der Waals surface area contributed by atoms with Gasteiger partial charge in [0.25, 0.3) is 0 Å². The van der Waals surface area contributed by atoms with Crippen molar-refractivity contribution < 1.29 is 34.2 Å². The molecule has 4 amide bonds. The first-order valence-corrected chi connectivity index (χ1v) is 13.3. The lowest BCUT2D eigenvalue weighted by molar-refractivity contribution is -0.144. The van der Waals surface area contributed by atoms with Crippen molar-refractivity contribution in [2.75, 3.05) is 6.54 Å². The van der Waals surface area contributed by atoms with Gasteiger partial charge in [-0.25, -0.2) is 4.79 Å². The molecule has 13 N–H and O–H groups in total. The molecule has 228 valence electrons. The molecule has 5 atom stereocenters. The monoisotopic (exact) mass is 578 g/mol. The van der Waals surface area contributed by atoms with E-state index in [9.17, 15) is 34.2 Å². The Morgan fingerprint density at radius 2 is 1.49 bits per heavy atom. The number of nitrogens with one attached hydrogen (secondary N) is 3. The Morgan fingerprint density at radius 3 is 2.02 bits per heavy atom. The molecular formula is C26H42N8O7. The topological polar surface area (TPSA) is 278 Å². The first-order chi connectivity index (χ1) is 19.2. The molecule has 0 saturated carbocycles. The van der Waals surface area contributed by atoms with Gasteiger partial charge < -0.3 is 49.1 Å². The summed E-state index contributed by atoms with van der Waals surface area (Å²) in [6.45, 7) is 3.67. The molecule has 41 heavy (non-hydrogen) atoms. The second-order valence-corrected chi connectivity index (χ2v) is 9.76. The van der Waals surface area contributed by atoms with Gasteiger partial charge >= 0.3 is 5.97 Å². The van der Waals surface area contributed by atoms with Gasteiger partial charge in [-0.2, -0.15) is 0 Å². The molecule has 0 aliphatic heterocycles. The molecule has 0 aromatic heterocycles. The molecule has 0 aliphatic rings. The van der Waals surface area contributed by atoms with Crippen LogP contribution in [0, 0.1) is 5.92 Å². The summed E-state index contributed by atoms with van der Waals surface area (Å²) in [5.74, 6) is -4.74. The summed E-state index contributed by atoms with van der Waals surface area (Å²) >= 11 is 0. The molecule has 0 saturated heterocycles. The average Bonchev–Trinajstić information content (AvgIpc) is 2.91. The Hall–Kier alpha value is -4.40. The summed E-state index contributed by atoms with van der Waals surface area (Å²) in [4.78, 5) is 66.3. The Labute approximate surface area is 238 Å². The van der Waals surface area contributed by atoms with E-state index in [1.165, 1.54) is 12.1 Å². The summed E-state index contributed by atoms with van der Waals surface area (Å²) in [6.07, 6.45) is 0.568. The molecule has 0 aliphatic carbocycles. The standard InChI is InChI=1S/C26H42N8O7/c1-3-14(2)21(25(40)41)34-23(38)18(10-11-20(28)36)32-24(39)19(13-15-6-8-16(35)9-7-15)33-22(37)17(27)5-4-12-31-26(29)30/h6-9,14,17-19,21,35H,3-5,10-13,27H2,1-2H3,(H2,28,36)(H,32,39)(H,33,37)(H,34,38)(H,40,41)(H4,29,30,31). The number of carboxylic acids is 1. The summed E-state index contributed by atoms with van der Waals surface area (Å²) < 4.78 is 0. The van der Waals surface area contributed by atoms with Crippen molar-refractivity contribution in [2.45, 2.75) is 76.5 Å².